The Morgan fingerprint density at radius 2 is 1.86 bits per heavy atom. The van der Waals surface area contributed by atoms with E-state index in [0.717, 1.165) is 17.3 Å². The van der Waals surface area contributed by atoms with Crippen LogP contribution in [0.3, 0.4) is 0 Å². The number of H-pyrrole nitrogens is 1. The van der Waals surface area contributed by atoms with Gasteiger partial charge in [-0.15, -0.1) is 0 Å². The van der Waals surface area contributed by atoms with Crippen LogP contribution in [0.5, 0.6) is 5.75 Å². The lowest BCUT2D eigenvalue weighted by Crippen LogP contribution is -2.49. The van der Waals surface area contributed by atoms with Gasteiger partial charge in [0.15, 0.2) is 0 Å². The molecule has 0 spiro atoms. The van der Waals surface area contributed by atoms with Crippen molar-refractivity contribution in [2.75, 3.05) is 42.6 Å². The molecule has 1 unspecified atom stereocenters. The molecule has 4 heterocycles. The fourth-order valence-electron chi connectivity index (χ4n) is 5.71. The zero-order chi connectivity index (χ0) is 30.8. The number of nitrogens with zero attached hydrogens (tertiary/aromatic N) is 6. The molecule has 4 aromatic rings. The molecule has 2 aliphatic rings. The number of pyridine rings is 1. The first kappa shape index (κ1) is 28.7. The van der Waals surface area contributed by atoms with Crippen LogP contribution in [0.25, 0.3) is 0 Å². The van der Waals surface area contributed by atoms with Gasteiger partial charge in [-0.05, 0) is 41.5 Å². The summed E-state index contributed by atoms with van der Waals surface area (Å²) in [5, 5.41) is 14.9. The van der Waals surface area contributed by atoms with Crippen molar-refractivity contribution in [2.24, 2.45) is 0 Å². The predicted octanol–water partition coefficient (Wildman–Crippen LogP) is 4.16. The highest BCUT2D eigenvalue weighted by atomic mass is 19.4. The van der Waals surface area contributed by atoms with Crippen molar-refractivity contribution in [1.29, 1.82) is 5.26 Å². The third kappa shape index (κ3) is 5.54. The summed E-state index contributed by atoms with van der Waals surface area (Å²) in [5.74, 6) is 0.790. The molecule has 10 nitrogen and oxygen atoms in total. The number of aromatic amines is 1. The van der Waals surface area contributed by atoms with Gasteiger partial charge < -0.3 is 19.4 Å². The molecule has 1 amide bonds. The van der Waals surface area contributed by atoms with Crippen molar-refractivity contribution in [3.8, 4) is 11.8 Å². The minimum Gasteiger partial charge on any atom is -0.491 e. The number of carbonyl (C=O) groups is 1. The summed E-state index contributed by atoms with van der Waals surface area (Å²) in [6.07, 6.45) is -2.24. The number of ether oxygens (including phenoxy) is 1. The van der Waals surface area contributed by atoms with Crippen LogP contribution >= 0.6 is 0 Å². The zero-order valence-electron chi connectivity index (χ0n) is 23.3. The van der Waals surface area contributed by atoms with E-state index in [-0.39, 0.29) is 24.7 Å². The summed E-state index contributed by atoms with van der Waals surface area (Å²) < 4.78 is 47.9. The Bertz CT molecular complexity index is 1800. The second kappa shape index (κ2) is 11.7. The Morgan fingerprint density at radius 3 is 2.64 bits per heavy atom. The Kier molecular flexibility index (Phi) is 7.65. The molecule has 2 aromatic carbocycles. The first-order valence-corrected chi connectivity index (χ1v) is 13.9. The highest BCUT2D eigenvalue weighted by molar-refractivity contribution is 5.94. The smallest absolute Gasteiger partial charge is 0.423 e. The molecule has 1 saturated heterocycles. The van der Waals surface area contributed by atoms with Gasteiger partial charge in [-0.3, -0.25) is 9.59 Å². The third-order valence-corrected chi connectivity index (χ3v) is 7.82. The molecule has 0 bridgehead atoms. The normalized spacial score (nSPS) is 16.4. The average Bonchev–Trinajstić information content (AvgIpc) is 3.41. The fourth-order valence-corrected chi connectivity index (χ4v) is 5.71. The second-order valence-electron chi connectivity index (χ2n) is 10.4. The van der Waals surface area contributed by atoms with Gasteiger partial charge in [0.1, 0.15) is 29.8 Å². The van der Waals surface area contributed by atoms with Crippen LogP contribution in [0.15, 0.2) is 77.9 Å². The number of hydrogen-bond acceptors (Lipinski definition) is 8. The van der Waals surface area contributed by atoms with Crippen molar-refractivity contribution < 1.29 is 22.7 Å². The maximum absolute atomic E-state index is 13.9. The number of alkyl halides is 3. The summed E-state index contributed by atoms with van der Waals surface area (Å²) in [6, 6.07) is 18.8. The van der Waals surface area contributed by atoms with E-state index >= 15 is 0 Å². The van der Waals surface area contributed by atoms with Crippen LogP contribution in [0.1, 0.15) is 38.7 Å². The molecule has 1 atom stereocenters. The monoisotopic (exact) mass is 601 g/mol. The molecular formula is C31H26F3N7O3. The number of aromatic nitrogens is 3. The molecule has 2 aliphatic heterocycles. The van der Waals surface area contributed by atoms with Gasteiger partial charge in [-0.25, -0.2) is 10.1 Å². The molecule has 44 heavy (non-hydrogen) atoms. The quantitative estimate of drug-likeness (QED) is 0.350. The molecule has 1 fully saturated rings. The van der Waals surface area contributed by atoms with E-state index in [2.05, 4.69) is 16.2 Å². The summed E-state index contributed by atoms with van der Waals surface area (Å²) in [5.41, 5.74) is -0.489. The number of fused-ring (bicyclic) bond motifs is 1. The van der Waals surface area contributed by atoms with Crippen LogP contribution in [0, 0.1) is 11.3 Å². The minimum absolute atomic E-state index is 0.0390. The van der Waals surface area contributed by atoms with E-state index in [0.29, 0.717) is 48.9 Å². The molecule has 2 aromatic heterocycles. The number of halogens is 3. The Hall–Kier alpha value is -5.38. The van der Waals surface area contributed by atoms with Crippen molar-refractivity contribution >= 4 is 17.4 Å². The summed E-state index contributed by atoms with van der Waals surface area (Å²) >= 11 is 0. The van der Waals surface area contributed by atoms with Gasteiger partial charge in [0.05, 0.1) is 23.5 Å². The Balaban J connectivity index is 1.18. The number of nitriles is 1. The number of anilines is 2. The Labute approximate surface area is 249 Å². The van der Waals surface area contributed by atoms with Crippen molar-refractivity contribution in [3.63, 3.8) is 0 Å². The topological polar surface area (TPSA) is 118 Å². The maximum Gasteiger partial charge on any atom is 0.423 e. The molecule has 1 N–H and O–H groups in total. The third-order valence-electron chi connectivity index (χ3n) is 7.82. The van der Waals surface area contributed by atoms with E-state index < -0.39 is 23.3 Å². The Morgan fingerprint density at radius 1 is 1.07 bits per heavy atom. The molecule has 6 rings (SSSR count). The number of piperazine rings is 1. The number of hydrogen-bond donors (Lipinski definition) is 1. The maximum atomic E-state index is 13.9. The van der Waals surface area contributed by atoms with Gasteiger partial charge in [-0.2, -0.15) is 23.5 Å². The van der Waals surface area contributed by atoms with Crippen LogP contribution in [-0.2, 0) is 12.7 Å². The number of benzene rings is 2. The summed E-state index contributed by atoms with van der Waals surface area (Å²) in [6.45, 7) is 2.00. The molecule has 0 saturated carbocycles. The summed E-state index contributed by atoms with van der Waals surface area (Å²) in [4.78, 5) is 35.1. The van der Waals surface area contributed by atoms with Crippen LogP contribution in [0.2, 0.25) is 0 Å². The van der Waals surface area contributed by atoms with Gasteiger partial charge in [0, 0.05) is 44.5 Å². The van der Waals surface area contributed by atoms with Crippen molar-refractivity contribution in [3.05, 3.63) is 111 Å². The predicted molar refractivity (Wildman–Crippen MR) is 154 cm³/mol. The summed E-state index contributed by atoms with van der Waals surface area (Å²) in [7, 11) is 0. The number of rotatable bonds is 6. The van der Waals surface area contributed by atoms with Crippen LogP contribution in [-0.4, -0.2) is 58.8 Å². The number of amides is 1. The van der Waals surface area contributed by atoms with Crippen LogP contribution in [0.4, 0.5) is 24.7 Å². The highest BCUT2D eigenvalue weighted by Gasteiger charge is 2.42. The first-order chi connectivity index (χ1) is 21.2. The average molecular weight is 602 g/mol. The van der Waals surface area contributed by atoms with E-state index in [1.54, 1.807) is 59.6 Å². The van der Waals surface area contributed by atoms with E-state index in [9.17, 15) is 28.0 Å². The highest BCUT2D eigenvalue weighted by Crippen LogP contribution is 2.42. The first-order valence-electron chi connectivity index (χ1n) is 13.9. The minimum atomic E-state index is -4.89. The van der Waals surface area contributed by atoms with E-state index in [1.165, 1.54) is 4.90 Å². The number of carbonyl (C=O) groups excluding carboxylic acids is 1. The lowest BCUT2D eigenvalue weighted by atomic mass is 10.1. The van der Waals surface area contributed by atoms with Gasteiger partial charge in [0.2, 0.25) is 0 Å². The fraction of sp³-hybridized carbons (Fsp3) is 0.258. The lowest BCUT2D eigenvalue weighted by Gasteiger charge is -2.35. The van der Waals surface area contributed by atoms with Crippen molar-refractivity contribution in [2.45, 2.75) is 18.8 Å². The van der Waals surface area contributed by atoms with E-state index in [1.807, 2.05) is 22.1 Å². The molecule has 13 heteroatoms. The van der Waals surface area contributed by atoms with Gasteiger partial charge >= 0.3 is 6.18 Å². The largest absolute Gasteiger partial charge is 0.491 e. The van der Waals surface area contributed by atoms with Crippen molar-refractivity contribution in [1.82, 2.24) is 20.1 Å². The molecule has 224 valence electrons. The zero-order valence-corrected chi connectivity index (χ0v) is 23.3. The lowest BCUT2D eigenvalue weighted by molar-refractivity contribution is -0.138. The SMILES string of the molecule is N#Cc1cccnc1N1CCN(C(=O)c2cccc(OCC3c4ccccc4CN3c3cn[nH]c(=O)c3C(F)(F)F)c2)CC1. The van der Waals surface area contributed by atoms with Gasteiger partial charge in [-0.1, -0.05) is 30.3 Å². The molecule has 0 radical (unpaired) electrons. The van der Waals surface area contributed by atoms with Gasteiger partial charge in [0.25, 0.3) is 11.5 Å². The van der Waals surface area contributed by atoms with E-state index in [4.69, 9.17) is 4.74 Å². The molecule has 0 aliphatic carbocycles. The van der Waals surface area contributed by atoms with Crippen LogP contribution < -0.4 is 20.1 Å². The second-order valence-corrected chi connectivity index (χ2v) is 10.4. The number of nitrogens with one attached hydrogen (secondary N) is 1. The standard InChI is InChI=1S/C31H26F3N7O3/c32-31(33,34)27-25(17-37-38-29(27)42)41-18-22-5-1-2-9-24(22)26(41)19-44-23-8-3-6-20(15-23)30(43)40-13-11-39(12-14-40)28-21(16-35)7-4-10-36-28/h1-10,15,17,26H,11-14,18-19H2,(H,38,42). The molecular weight excluding hydrogens is 575 g/mol.